The summed E-state index contributed by atoms with van der Waals surface area (Å²) in [6, 6.07) is 0. The minimum Gasteiger partial charge on any atom is -0.473 e. The first-order chi connectivity index (χ1) is 11.2. The van der Waals surface area contributed by atoms with E-state index in [9.17, 15) is 4.79 Å². The van der Waals surface area contributed by atoms with E-state index in [0.29, 0.717) is 32.1 Å². The van der Waals surface area contributed by atoms with E-state index in [1.165, 1.54) is 19.3 Å². The number of aromatic nitrogens is 2. The Morgan fingerprint density at radius 2 is 2.17 bits per heavy atom. The number of nitrogens with zero attached hydrogens (tertiary/aromatic N) is 4. The van der Waals surface area contributed by atoms with Crippen molar-refractivity contribution in [3.05, 3.63) is 12.4 Å². The molecule has 1 saturated carbocycles. The first kappa shape index (κ1) is 15.8. The molecule has 0 radical (unpaired) electrons. The lowest BCUT2D eigenvalue weighted by atomic mass is 9.98. The predicted octanol–water partition coefficient (Wildman–Crippen LogP) is 2.08. The average molecular weight is 320 g/mol. The zero-order chi connectivity index (χ0) is 16.1. The van der Waals surface area contributed by atoms with Crippen LogP contribution in [-0.4, -0.2) is 60.4 Å². The SMILES string of the molecule is CN(CCN1CCOC1=O)c1cncc(OC2CCCCC2)n1. The van der Waals surface area contributed by atoms with E-state index in [0.717, 1.165) is 18.7 Å². The second kappa shape index (κ2) is 7.48. The molecule has 0 unspecified atom stereocenters. The Bertz CT molecular complexity index is 534. The lowest BCUT2D eigenvalue weighted by Crippen LogP contribution is -2.34. The second-order valence-corrected chi connectivity index (χ2v) is 6.12. The van der Waals surface area contributed by atoms with Gasteiger partial charge in [0.1, 0.15) is 12.7 Å². The monoisotopic (exact) mass is 320 g/mol. The van der Waals surface area contributed by atoms with Crippen molar-refractivity contribution in [3.8, 4) is 5.88 Å². The Morgan fingerprint density at radius 3 is 2.91 bits per heavy atom. The summed E-state index contributed by atoms with van der Waals surface area (Å²) in [6.45, 7) is 2.43. The highest BCUT2D eigenvalue weighted by atomic mass is 16.6. The number of hydrogen-bond acceptors (Lipinski definition) is 6. The van der Waals surface area contributed by atoms with Crippen LogP contribution >= 0.6 is 0 Å². The van der Waals surface area contributed by atoms with Gasteiger partial charge >= 0.3 is 6.09 Å². The van der Waals surface area contributed by atoms with Gasteiger partial charge in [-0.3, -0.25) is 4.98 Å². The Morgan fingerprint density at radius 1 is 1.35 bits per heavy atom. The molecule has 7 heteroatoms. The van der Waals surface area contributed by atoms with Crippen LogP contribution in [0.2, 0.25) is 0 Å². The van der Waals surface area contributed by atoms with Gasteiger partial charge in [0.25, 0.3) is 0 Å². The number of cyclic esters (lactones) is 1. The number of hydrogen-bond donors (Lipinski definition) is 0. The highest BCUT2D eigenvalue weighted by Crippen LogP contribution is 2.23. The molecule has 23 heavy (non-hydrogen) atoms. The maximum absolute atomic E-state index is 11.4. The molecule has 0 spiro atoms. The van der Waals surface area contributed by atoms with Crippen molar-refractivity contribution >= 4 is 11.9 Å². The Balaban J connectivity index is 1.54. The molecule has 2 heterocycles. The highest BCUT2D eigenvalue weighted by Gasteiger charge is 2.22. The molecule has 1 amide bonds. The standard InChI is InChI=1S/C16H24N4O3/c1-19(7-8-20-9-10-22-16(20)21)14-11-17-12-15(18-14)23-13-5-3-2-4-6-13/h11-13H,2-10H2,1H3. The van der Waals surface area contributed by atoms with Gasteiger partial charge in [-0.2, -0.15) is 4.98 Å². The van der Waals surface area contributed by atoms with Crippen molar-refractivity contribution in [1.29, 1.82) is 0 Å². The molecular formula is C16H24N4O3. The largest absolute Gasteiger partial charge is 0.473 e. The molecule has 2 aliphatic rings. The van der Waals surface area contributed by atoms with Crippen molar-refractivity contribution in [2.75, 3.05) is 38.2 Å². The minimum atomic E-state index is -0.237. The van der Waals surface area contributed by atoms with E-state index < -0.39 is 0 Å². The van der Waals surface area contributed by atoms with Gasteiger partial charge in [-0.25, -0.2) is 4.79 Å². The third-order valence-electron chi connectivity index (χ3n) is 4.38. The summed E-state index contributed by atoms with van der Waals surface area (Å²) in [5, 5.41) is 0. The van der Waals surface area contributed by atoms with Crippen LogP contribution in [0.15, 0.2) is 12.4 Å². The van der Waals surface area contributed by atoms with Crippen LogP contribution in [-0.2, 0) is 4.74 Å². The van der Waals surface area contributed by atoms with E-state index >= 15 is 0 Å². The van der Waals surface area contributed by atoms with Crippen molar-refractivity contribution < 1.29 is 14.3 Å². The summed E-state index contributed by atoms with van der Waals surface area (Å²) in [6.07, 6.45) is 9.36. The summed E-state index contributed by atoms with van der Waals surface area (Å²) in [5.41, 5.74) is 0. The van der Waals surface area contributed by atoms with Gasteiger partial charge in [0.15, 0.2) is 5.82 Å². The summed E-state index contributed by atoms with van der Waals surface area (Å²) < 4.78 is 10.9. The zero-order valence-electron chi connectivity index (χ0n) is 13.6. The van der Waals surface area contributed by atoms with Gasteiger partial charge in [0.05, 0.1) is 18.9 Å². The second-order valence-electron chi connectivity index (χ2n) is 6.12. The van der Waals surface area contributed by atoms with Crippen molar-refractivity contribution in [2.24, 2.45) is 0 Å². The van der Waals surface area contributed by atoms with E-state index in [4.69, 9.17) is 9.47 Å². The Kier molecular flexibility index (Phi) is 5.15. The summed E-state index contributed by atoms with van der Waals surface area (Å²) in [5.74, 6) is 1.34. The zero-order valence-corrected chi connectivity index (χ0v) is 13.6. The molecular weight excluding hydrogens is 296 g/mol. The van der Waals surface area contributed by atoms with Crippen LogP contribution in [0.25, 0.3) is 0 Å². The fourth-order valence-corrected chi connectivity index (χ4v) is 2.95. The number of carbonyl (C=O) groups is 1. The number of anilines is 1. The number of carbonyl (C=O) groups excluding carboxylic acids is 1. The molecule has 0 bridgehead atoms. The van der Waals surface area contributed by atoms with Crippen LogP contribution in [0.3, 0.4) is 0 Å². The van der Waals surface area contributed by atoms with Crippen molar-refractivity contribution in [1.82, 2.24) is 14.9 Å². The smallest absolute Gasteiger partial charge is 0.409 e. The lowest BCUT2D eigenvalue weighted by Gasteiger charge is -2.24. The van der Waals surface area contributed by atoms with E-state index in [-0.39, 0.29) is 12.2 Å². The molecule has 7 nitrogen and oxygen atoms in total. The normalized spacial score (nSPS) is 18.8. The fourth-order valence-electron chi connectivity index (χ4n) is 2.95. The molecule has 1 aliphatic carbocycles. The molecule has 3 rings (SSSR count). The van der Waals surface area contributed by atoms with Crippen LogP contribution < -0.4 is 9.64 Å². The molecule has 0 N–H and O–H groups in total. The van der Waals surface area contributed by atoms with Gasteiger partial charge in [0.2, 0.25) is 5.88 Å². The third-order valence-corrected chi connectivity index (χ3v) is 4.38. The maximum Gasteiger partial charge on any atom is 0.409 e. The van der Waals surface area contributed by atoms with Gasteiger partial charge in [-0.05, 0) is 25.7 Å². The first-order valence-corrected chi connectivity index (χ1v) is 8.34. The molecule has 2 fully saturated rings. The van der Waals surface area contributed by atoms with E-state index in [2.05, 4.69) is 9.97 Å². The highest BCUT2D eigenvalue weighted by molar-refractivity contribution is 5.69. The minimum absolute atomic E-state index is 0.237. The Labute approximate surface area is 136 Å². The van der Waals surface area contributed by atoms with Gasteiger partial charge in [0, 0.05) is 20.1 Å². The van der Waals surface area contributed by atoms with E-state index in [1.807, 2.05) is 11.9 Å². The quantitative estimate of drug-likeness (QED) is 0.799. The molecule has 1 aliphatic heterocycles. The van der Waals surface area contributed by atoms with Gasteiger partial charge < -0.3 is 19.3 Å². The summed E-state index contributed by atoms with van der Waals surface area (Å²) >= 11 is 0. The Hall–Kier alpha value is -2.05. The predicted molar refractivity (Wildman–Crippen MR) is 85.7 cm³/mol. The molecule has 0 aromatic carbocycles. The van der Waals surface area contributed by atoms with Crippen LogP contribution in [0.1, 0.15) is 32.1 Å². The number of ether oxygens (including phenoxy) is 2. The molecule has 1 aromatic rings. The van der Waals surface area contributed by atoms with Crippen LogP contribution in [0.4, 0.5) is 10.6 Å². The molecule has 126 valence electrons. The molecule has 1 saturated heterocycles. The number of rotatable bonds is 6. The maximum atomic E-state index is 11.4. The fraction of sp³-hybridized carbons (Fsp3) is 0.688. The lowest BCUT2D eigenvalue weighted by molar-refractivity contribution is 0.148. The number of amides is 1. The first-order valence-electron chi connectivity index (χ1n) is 8.34. The summed E-state index contributed by atoms with van der Waals surface area (Å²) in [4.78, 5) is 23.9. The topological polar surface area (TPSA) is 67.8 Å². The summed E-state index contributed by atoms with van der Waals surface area (Å²) in [7, 11) is 1.94. The van der Waals surface area contributed by atoms with Gasteiger partial charge in [-0.15, -0.1) is 0 Å². The molecule has 0 atom stereocenters. The van der Waals surface area contributed by atoms with Crippen molar-refractivity contribution in [2.45, 2.75) is 38.2 Å². The third kappa shape index (κ3) is 4.24. The number of likely N-dealkylation sites (N-methyl/N-ethyl adjacent to an activating group) is 1. The van der Waals surface area contributed by atoms with Crippen LogP contribution in [0, 0.1) is 0 Å². The average Bonchev–Trinajstić information content (AvgIpc) is 2.99. The van der Waals surface area contributed by atoms with Gasteiger partial charge in [-0.1, -0.05) is 6.42 Å². The van der Waals surface area contributed by atoms with Crippen molar-refractivity contribution in [3.63, 3.8) is 0 Å². The van der Waals surface area contributed by atoms with Crippen LogP contribution in [0.5, 0.6) is 5.88 Å². The molecule has 1 aromatic heterocycles. The van der Waals surface area contributed by atoms with E-state index in [1.54, 1.807) is 17.3 Å².